The molecule has 0 radical (unpaired) electrons. The minimum Gasteiger partial charge on any atom is -0.373 e. The summed E-state index contributed by atoms with van der Waals surface area (Å²) in [5.41, 5.74) is 0.572. The van der Waals surface area contributed by atoms with Crippen molar-refractivity contribution in [1.82, 2.24) is 19.7 Å². The summed E-state index contributed by atoms with van der Waals surface area (Å²) in [4.78, 5) is 10.8. The molecule has 0 bridgehead atoms. The first-order chi connectivity index (χ1) is 10.7. The summed E-state index contributed by atoms with van der Waals surface area (Å²) in [6.07, 6.45) is 1.65. The van der Waals surface area contributed by atoms with Gasteiger partial charge in [-0.05, 0) is 26.0 Å². The van der Waals surface area contributed by atoms with Crippen LogP contribution in [0, 0.1) is 25.2 Å². The number of rotatable bonds is 3. The highest BCUT2D eigenvalue weighted by Crippen LogP contribution is 2.16. The van der Waals surface area contributed by atoms with Crippen LogP contribution in [-0.2, 0) is 11.3 Å². The van der Waals surface area contributed by atoms with Crippen LogP contribution in [0.5, 0.6) is 0 Å². The van der Waals surface area contributed by atoms with Gasteiger partial charge in [0.05, 0.1) is 24.8 Å². The maximum Gasteiger partial charge on any atom is 0.147 e. The molecular formula is C15H18N6O. The monoisotopic (exact) mass is 298 g/mol. The molecule has 1 saturated heterocycles. The minimum absolute atomic E-state index is 0.0472. The van der Waals surface area contributed by atoms with Crippen LogP contribution in [0.15, 0.2) is 18.3 Å². The van der Waals surface area contributed by atoms with Gasteiger partial charge in [0, 0.05) is 19.3 Å². The standard InChI is InChI=1S/C15H18N6O/c1-11-18-12(2)21(19-11)10-14-9-20(5-6-22-14)15-4-3-13(7-16)8-17-15/h3-4,8,14H,5-6,9-10H2,1-2H3/t14-/m1/s1. The molecule has 1 fully saturated rings. The number of nitriles is 1. The summed E-state index contributed by atoms with van der Waals surface area (Å²) in [6.45, 7) is 6.71. The highest BCUT2D eigenvalue weighted by molar-refractivity contribution is 5.42. The third kappa shape index (κ3) is 3.07. The molecule has 0 aromatic carbocycles. The van der Waals surface area contributed by atoms with Crippen molar-refractivity contribution in [2.24, 2.45) is 0 Å². The van der Waals surface area contributed by atoms with Crippen LogP contribution in [0.2, 0.25) is 0 Å². The second-order valence-electron chi connectivity index (χ2n) is 5.34. The molecule has 0 amide bonds. The van der Waals surface area contributed by atoms with Gasteiger partial charge in [-0.1, -0.05) is 0 Å². The van der Waals surface area contributed by atoms with E-state index in [1.807, 2.05) is 24.6 Å². The number of aryl methyl sites for hydroxylation is 2. The number of aromatic nitrogens is 4. The van der Waals surface area contributed by atoms with Crippen molar-refractivity contribution in [3.63, 3.8) is 0 Å². The maximum absolute atomic E-state index is 8.83. The van der Waals surface area contributed by atoms with Crippen molar-refractivity contribution in [3.8, 4) is 6.07 Å². The van der Waals surface area contributed by atoms with Gasteiger partial charge in [0.2, 0.25) is 0 Å². The van der Waals surface area contributed by atoms with E-state index in [-0.39, 0.29) is 6.10 Å². The van der Waals surface area contributed by atoms with Crippen LogP contribution >= 0.6 is 0 Å². The minimum atomic E-state index is 0.0472. The van der Waals surface area contributed by atoms with E-state index in [2.05, 4.69) is 26.0 Å². The van der Waals surface area contributed by atoms with E-state index >= 15 is 0 Å². The first-order valence-electron chi connectivity index (χ1n) is 7.26. The molecule has 1 atom stereocenters. The molecule has 114 valence electrons. The van der Waals surface area contributed by atoms with E-state index in [9.17, 15) is 0 Å². The summed E-state index contributed by atoms with van der Waals surface area (Å²) in [6, 6.07) is 5.75. The normalized spacial score (nSPS) is 18.2. The number of anilines is 1. The molecule has 0 aliphatic carbocycles. The van der Waals surface area contributed by atoms with Gasteiger partial charge >= 0.3 is 0 Å². The fourth-order valence-electron chi connectivity index (χ4n) is 2.60. The van der Waals surface area contributed by atoms with Gasteiger partial charge < -0.3 is 9.64 Å². The van der Waals surface area contributed by atoms with Crippen LogP contribution in [0.4, 0.5) is 5.82 Å². The zero-order valence-corrected chi connectivity index (χ0v) is 12.7. The number of hydrogen-bond acceptors (Lipinski definition) is 6. The van der Waals surface area contributed by atoms with Crippen LogP contribution in [0.1, 0.15) is 17.2 Å². The molecule has 0 spiro atoms. The average Bonchev–Trinajstić information content (AvgIpc) is 2.85. The van der Waals surface area contributed by atoms with Gasteiger partial charge in [0.25, 0.3) is 0 Å². The Morgan fingerprint density at radius 3 is 2.91 bits per heavy atom. The number of morpholine rings is 1. The maximum atomic E-state index is 8.83. The van der Waals surface area contributed by atoms with Crippen molar-refractivity contribution in [2.45, 2.75) is 26.5 Å². The first kappa shape index (κ1) is 14.5. The smallest absolute Gasteiger partial charge is 0.147 e. The topological polar surface area (TPSA) is 79.9 Å². The lowest BCUT2D eigenvalue weighted by molar-refractivity contribution is 0.0267. The lowest BCUT2D eigenvalue weighted by Crippen LogP contribution is -2.44. The molecule has 22 heavy (non-hydrogen) atoms. The Hall–Kier alpha value is -2.46. The molecule has 2 aromatic rings. The van der Waals surface area contributed by atoms with E-state index < -0.39 is 0 Å². The lowest BCUT2D eigenvalue weighted by Gasteiger charge is -2.33. The first-order valence-corrected chi connectivity index (χ1v) is 7.26. The number of ether oxygens (including phenoxy) is 1. The van der Waals surface area contributed by atoms with E-state index in [0.717, 1.165) is 30.6 Å². The van der Waals surface area contributed by atoms with Crippen molar-refractivity contribution >= 4 is 5.82 Å². The molecule has 1 aliphatic heterocycles. The summed E-state index contributed by atoms with van der Waals surface area (Å²) < 4.78 is 7.72. The Balaban J connectivity index is 1.68. The predicted molar refractivity (Wildman–Crippen MR) is 80.4 cm³/mol. The Morgan fingerprint density at radius 2 is 2.27 bits per heavy atom. The predicted octanol–water partition coefficient (Wildman–Crippen LogP) is 1.07. The Bertz CT molecular complexity index is 687. The van der Waals surface area contributed by atoms with Crippen molar-refractivity contribution in [2.75, 3.05) is 24.6 Å². The number of nitrogens with zero attached hydrogens (tertiary/aromatic N) is 6. The molecule has 0 N–H and O–H groups in total. The van der Waals surface area contributed by atoms with Crippen LogP contribution in [0.25, 0.3) is 0 Å². The van der Waals surface area contributed by atoms with Gasteiger partial charge in [0.15, 0.2) is 0 Å². The Labute approximate surface area is 129 Å². The second-order valence-corrected chi connectivity index (χ2v) is 5.34. The van der Waals surface area contributed by atoms with Gasteiger partial charge in [-0.2, -0.15) is 10.4 Å². The Morgan fingerprint density at radius 1 is 1.41 bits per heavy atom. The molecule has 7 heteroatoms. The SMILES string of the molecule is Cc1nc(C)n(C[C@H]2CN(c3ccc(C#N)cn3)CCO2)n1. The molecule has 1 aliphatic rings. The summed E-state index contributed by atoms with van der Waals surface area (Å²) >= 11 is 0. The van der Waals surface area contributed by atoms with Crippen molar-refractivity contribution in [1.29, 1.82) is 5.26 Å². The lowest BCUT2D eigenvalue weighted by atomic mass is 10.2. The Kier molecular flexibility index (Phi) is 4.02. The highest BCUT2D eigenvalue weighted by atomic mass is 16.5. The van der Waals surface area contributed by atoms with E-state index in [0.29, 0.717) is 18.7 Å². The zero-order chi connectivity index (χ0) is 15.5. The average molecular weight is 298 g/mol. The number of pyridine rings is 1. The molecule has 7 nitrogen and oxygen atoms in total. The van der Waals surface area contributed by atoms with Crippen LogP contribution < -0.4 is 4.90 Å². The van der Waals surface area contributed by atoms with Gasteiger partial charge in [-0.25, -0.2) is 14.6 Å². The highest BCUT2D eigenvalue weighted by Gasteiger charge is 2.23. The van der Waals surface area contributed by atoms with E-state index in [1.54, 1.807) is 12.3 Å². The quantitative estimate of drug-likeness (QED) is 0.843. The molecule has 0 unspecified atom stereocenters. The largest absolute Gasteiger partial charge is 0.373 e. The fraction of sp³-hybridized carbons (Fsp3) is 0.467. The molecular weight excluding hydrogens is 280 g/mol. The van der Waals surface area contributed by atoms with Gasteiger partial charge in [0.1, 0.15) is 23.5 Å². The third-order valence-corrected chi connectivity index (χ3v) is 3.68. The van der Waals surface area contributed by atoms with E-state index in [4.69, 9.17) is 10.00 Å². The molecule has 0 saturated carbocycles. The molecule has 2 aromatic heterocycles. The summed E-state index contributed by atoms with van der Waals surface area (Å²) in [5, 5.41) is 13.2. The van der Waals surface area contributed by atoms with Gasteiger partial charge in [-0.3, -0.25) is 0 Å². The summed E-state index contributed by atoms with van der Waals surface area (Å²) in [5.74, 6) is 2.55. The number of hydrogen-bond donors (Lipinski definition) is 0. The van der Waals surface area contributed by atoms with Crippen molar-refractivity contribution in [3.05, 3.63) is 35.5 Å². The zero-order valence-electron chi connectivity index (χ0n) is 12.7. The van der Waals surface area contributed by atoms with E-state index in [1.165, 1.54) is 0 Å². The molecule has 3 heterocycles. The second kappa shape index (κ2) is 6.12. The summed E-state index contributed by atoms with van der Waals surface area (Å²) in [7, 11) is 0. The van der Waals surface area contributed by atoms with Crippen LogP contribution in [-0.4, -0.2) is 45.5 Å². The van der Waals surface area contributed by atoms with Crippen LogP contribution in [0.3, 0.4) is 0 Å². The van der Waals surface area contributed by atoms with Crippen molar-refractivity contribution < 1.29 is 4.74 Å². The third-order valence-electron chi connectivity index (χ3n) is 3.68. The fourth-order valence-corrected chi connectivity index (χ4v) is 2.60. The molecule has 3 rings (SSSR count). The van der Waals surface area contributed by atoms with Gasteiger partial charge in [-0.15, -0.1) is 0 Å².